The van der Waals surface area contributed by atoms with Crippen LogP contribution in [-0.4, -0.2) is 51.8 Å². The second-order valence-corrected chi connectivity index (χ2v) is 3.77. The van der Waals surface area contributed by atoms with E-state index in [4.69, 9.17) is 18.9 Å². The Kier molecular flexibility index (Phi) is 4.19. The molecule has 2 heterocycles. The summed E-state index contributed by atoms with van der Waals surface area (Å²) in [5.74, 6) is 0. The minimum Gasteiger partial charge on any atom is -0.379 e. The number of hydrogen-bond acceptors (Lipinski definition) is 4. The first-order valence-electron chi connectivity index (χ1n) is 5.34. The number of rotatable bonds is 9. The maximum absolute atomic E-state index is 5.39. The first kappa shape index (κ1) is 10.4. The van der Waals surface area contributed by atoms with Crippen molar-refractivity contribution in [3.05, 3.63) is 0 Å². The van der Waals surface area contributed by atoms with Gasteiger partial charge in [0.05, 0.1) is 26.4 Å². The highest BCUT2D eigenvalue weighted by Crippen LogP contribution is 2.09. The lowest BCUT2D eigenvalue weighted by Crippen LogP contribution is -2.05. The van der Waals surface area contributed by atoms with Gasteiger partial charge in [-0.15, -0.1) is 0 Å². The third-order valence-electron chi connectivity index (χ3n) is 2.24. The van der Waals surface area contributed by atoms with E-state index in [9.17, 15) is 0 Å². The molecule has 0 radical (unpaired) electrons. The number of epoxide rings is 2. The molecule has 0 bridgehead atoms. The van der Waals surface area contributed by atoms with Crippen molar-refractivity contribution in [1.82, 2.24) is 0 Å². The lowest BCUT2D eigenvalue weighted by Gasteiger charge is -2.03. The summed E-state index contributed by atoms with van der Waals surface area (Å²) >= 11 is 0. The van der Waals surface area contributed by atoms with Crippen molar-refractivity contribution in [2.75, 3.05) is 39.6 Å². The Hall–Kier alpha value is -0.160. The number of unbranched alkanes of at least 4 members (excludes halogenated alkanes) is 1. The van der Waals surface area contributed by atoms with Crippen LogP contribution in [0, 0.1) is 0 Å². The van der Waals surface area contributed by atoms with Crippen molar-refractivity contribution in [1.29, 1.82) is 0 Å². The molecule has 0 spiro atoms. The summed E-state index contributed by atoms with van der Waals surface area (Å²) in [5, 5.41) is 0. The Balaban J connectivity index is 1.25. The second kappa shape index (κ2) is 5.66. The molecule has 0 saturated carbocycles. The van der Waals surface area contributed by atoms with Crippen LogP contribution in [0.2, 0.25) is 0 Å². The van der Waals surface area contributed by atoms with Crippen LogP contribution < -0.4 is 0 Å². The summed E-state index contributed by atoms with van der Waals surface area (Å²) in [4.78, 5) is 0. The largest absolute Gasteiger partial charge is 0.379 e. The van der Waals surface area contributed by atoms with Crippen molar-refractivity contribution >= 4 is 0 Å². The maximum Gasteiger partial charge on any atom is 0.104 e. The lowest BCUT2D eigenvalue weighted by atomic mass is 10.3. The van der Waals surface area contributed by atoms with Gasteiger partial charge >= 0.3 is 0 Å². The lowest BCUT2D eigenvalue weighted by molar-refractivity contribution is 0.0885. The van der Waals surface area contributed by atoms with E-state index < -0.39 is 0 Å². The smallest absolute Gasteiger partial charge is 0.104 e. The molecule has 0 aromatic heterocycles. The average molecular weight is 202 g/mol. The van der Waals surface area contributed by atoms with Gasteiger partial charge in [-0.3, -0.25) is 0 Å². The summed E-state index contributed by atoms with van der Waals surface area (Å²) in [6.45, 7) is 4.93. The molecule has 0 amide bonds. The maximum atomic E-state index is 5.39. The van der Waals surface area contributed by atoms with Crippen LogP contribution in [0.3, 0.4) is 0 Å². The molecule has 0 aromatic rings. The molecule has 14 heavy (non-hydrogen) atoms. The Morgan fingerprint density at radius 1 is 0.857 bits per heavy atom. The molecule has 2 saturated heterocycles. The average Bonchev–Trinajstić information content (AvgIpc) is 3.00. The first-order valence-corrected chi connectivity index (χ1v) is 5.34. The number of ether oxygens (including phenoxy) is 4. The van der Waals surface area contributed by atoms with Gasteiger partial charge in [-0.25, -0.2) is 0 Å². The molecule has 0 unspecified atom stereocenters. The molecular weight excluding hydrogens is 184 g/mol. The van der Waals surface area contributed by atoms with E-state index in [2.05, 4.69) is 0 Å². The van der Waals surface area contributed by atoms with Gasteiger partial charge in [0.1, 0.15) is 12.2 Å². The van der Waals surface area contributed by atoms with Crippen molar-refractivity contribution < 1.29 is 18.9 Å². The Morgan fingerprint density at radius 3 is 1.64 bits per heavy atom. The van der Waals surface area contributed by atoms with Crippen LogP contribution >= 0.6 is 0 Å². The highest BCUT2D eigenvalue weighted by Gasteiger charge is 2.22. The van der Waals surface area contributed by atoms with Gasteiger partial charge in [-0.1, -0.05) is 0 Å². The zero-order valence-corrected chi connectivity index (χ0v) is 8.44. The monoisotopic (exact) mass is 202 g/mol. The Bertz CT molecular complexity index is 136. The molecule has 82 valence electrons. The molecule has 0 aliphatic carbocycles. The fourth-order valence-corrected chi connectivity index (χ4v) is 1.17. The standard InChI is InChI=1S/C10H18O4/c1(3-11-5-9-7-13-9)2-4-12-6-10-8-14-10/h9-10H,1-8H2/t9-,10+. The number of hydrogen-bond donors (Lipinski definition) is 0. The van der Waals surface area contributed by atoms with Gasteiger partial charge in [0.2, 0.25) is 0 Å². The summed E-state index contributed by atoms with van der Waals surface area (Å²) in [6.07, 6.45) is 2.91. The van der Waals surface area contributed by atoms with Crippen LogP contribution in [0.15, 0.2) is 0 Å². The molecule has 0 N–H and O–H groups in total. The SMILES string of the molecule is C(CCOC[C@H]1CO1)COC[C@@H]1CO1. The third-order valence-corrected chi connectivity index (χ3v) is 2.24. The van der Waals surface area contributed by atoms with E-state index in [0.29, 0.717) is 12.2 Å². The predicted molar refractivity (Wildman–Crippen MR) is 50.4 cm³/mol. The van der Waals surface area contributed by atoms with Gasteiger partial charge < -0.3 is 18.9 Å². The zero-order valence-electron chi connectivity index (χ0n) is 8.44. The fraction of sp³-hybridized carbons (Fsp3) is 1.00. The quantitative estimate of drug-likeness (QED) is 0.405. The molecule has 2 fully saturated rings. The van der Waals surface area contributed by atoms with Gasteiger partial charge in [0.25, 0.3) is 0 Å². The van der Waals surface area contributed by atoms with E-state index >= 15 is 0 Å². The summed E-state index contributed by atoms with van der Waals surface area (Å²) in [7, 11) is 0. The normalized spacial score (nSPS) is 29.1. The van der Waals surface area contributed by atoms with Crippen LogP contribution in [-0.2, 0) is 18.9 Å². The first-order chi connectivity index (χ1) is 6.95. The Morgan fingerprint density at radius 2 is 1.29 bits per heavy atom. The van der Waals surface area contributed by atoms with Crippen LogP contribution in [0.1, 0.15) is 12.8 Å². The van der Waals surface area contributed by atoms with E-state index in [1.54, 1.807) is 0 Å². The van der Waals surface area contributed by atoms with E-state index in [1.807, 2.05) is 0 Å². The topological polar surface area (TPSA) is 43.5 Å². The minimum absolute atomic E-state index is 0.387. The highest BCUT2D eigenvalue weighted by molar-refractivity contribution is 4.67. The van der Waals surface area contributed by atoms with Gasteiger partial charge in [0, 0.05) is 13.2 Å². The zero-order chi connectivity index (χ0) is 9.64. The van der Waals surface area contributed by atoms with Gasteiger partial charge in [-0.2, -0.15) is 0 Å². The summed E-state index contributed by atoms with van der Waals surface area (Å²) in [6, 6.07) is 0. The summed E-state index contributed by atoms with van der Waals surface area (Å²) < 4.78 is 20.8. The molecule has 2 rings (SSSR count). The fourth-order valence-electron chi connectivity index (χ4n) is 1.17. The highest BCUT2D eigenvalue weighted by atomic mass is 16.6. The predicted octanol–water partition coefficient (Wildman–Crippen LogP) is 0.597. The minimum atomic E-state index is 0.387. The molecule has 4 heteroatoms. The van der Waals surface area contributed by atoms with Crippen LogP contribution in [0.4, 0.5) is 0 Å². The molecule has 2 aliphatic heterocycles. The van der Waals surface area contributed by atoms with Crippen LogP contribution in [0.25, 0.3) is 0 Å². The molecule has 4 nitrogen and oxygen atoms in total. The van der Waals surface area contributed by atoms with Crippen molar-refractivity contribution in [2.24, 2.45) is 0 Å². The van der Waals surface area contributed by atoms with Crippen molar-refractivity contribution in [2.45, 2.75) is 25.0 Å². The molecule has 0 aromatic carbocycles. The van der Waals surface area contributed by atoms with Crippen LogP contribution in [0.5, 0.6) is 0 Å². The van der Waals surface area contributed by atoms with E-state index in [-0.39, 0.29) is 0 Å². The van der Waals surface area contributed by atoms with Gasteiger partial charge in [0.15, 0.2) is 0 Å². The van der Waals surface area contributed by atoms with Crippen molar-refractivity contribution in [3.8, 4) is 0 Å². The van der Waals surface area contributed by atoms with Crippen molar-refractivity contribution in [3.63, 3.8) is 0 Å². The molecule has 2 atom stereocenters. The Labute approximate surface area is 84.5 Å². The third kappa shape index (κ3) is 4.91. The summed E-state index contributed by atoms with van der Waals surface area (Å²) in [5.41, 5.74) is 0. The molecular formula is C10H18O4. The second-order valence-electron chi connectivity index (χ2n) is 3.77. The molecule has 2 aliphatic rings. The van der Waals surface area contributed by atoms with E-state index in [1.165, 1.54) is 0 Å². The van der Waals surface area contributed by atoms with Gasteiger partial charge in [-0.05, 0) is 12.8 Å². The van der Waals surface area contributed by atoms with E-state index in [0.717, 1.165) is 52.5 Å².